The van der Waals surface area contributed by atoms with Gasteiger partial charge in [-0.2, -0.15) is 0 Å². The van der Waals surface area contributed by atoms with Gasteiger partial charge < -0.3 is 19.4 Å². The molecule has 0 aliphatic carbocycles. The van der Waals surface area contributed by atoms with E-state index >= 15 is 0 Å². The van der Waals surface area contributed by atoms with Gasteiger partial charge in [-0.05, 0) is 50.3 Å². The number of rotatable bonds is 2. The number of aromatic nitrogens is 3. The van der Waals surface area contributed by atoms with Crippen molar-refractivity contribution < 1.29 is 9.53 Å². The second-order valence-electron chi connectivity index (χ2n) is 8.95. The molecular formula is C25H28N6O2. The fourth-order valence-corrected chi connectivity index (χ4v) is 4.93. The average Bonchev–Trinajstić information content (AvgIpc) is 3.12. The SMILES string of the molecule is CN1CCCN(c2ccc3cc(C(=O)N4CCOCC4)c4nc5ccccc5n4c3n2)CC1. The molecule has 0 radical (unpaired) electrons. The maximum Gasteiger partial charge on any atom is 0.257 e. The van der Waals surface area contributed by atoms with E-state index in [-0.39, 0.29) is 5.91 Å². The Kier molecular flexibility index (Phi) is 5.11. The van der Waals surface area contributed by atoms with E-state index in [1.54, 1.807) is 0 Å². The Morgan fingerprint density at radius 1 is 0.909 bits per heavy atom. The zero-order valence-electron chi connectivity index (χ0n) is 18.9. The minimum absolute atomic E-state index is 0.000128. The number of morpholine rings is 1. The van der Waals surface area contributed by atoms with Crippen LogP contribution in [0.4, 0.5) is 5.82 Å². The van der Waals surface area contributed by atoms with Crippen LogP contribution in [-0.4, -0.2) is 89.6 Å². The molecule has 0 spiro atoms. The minimum atomic E-state index is 0.000128. The van der Waals surface area contributed by atoms with Crippen LogP contribution in [0.3, 0.4) is 0 Å². The molecule has 4 aromatic rings. The highest BCUT2D eigenvalue weighted by molar-refractivity contribution is 6.05. The van der Waals surface area contributed by atoms with Crippen molar-refractivity contribution >= 4 is 39.4 Å². The molecule has 0 N–H and O–H groups in total. The Hall–Kier alpha value is -3.23. The van der Waals surface area contributed by atoms with Crippen LogP contribution in [0, 0.1) is 0 Å². The summed E-state index contributed by atoms with van der Waals surface area (Å²) in [5, 5.41) is 0.943. The predicted octanol–water partition coefficient (Wildman–Crippen LogP) is 2.65. The van der Waals surface area contributed by atoms with Crippen LogP contribution in [0.5, 0.6) is 0 Å². The zero-order valence-corrected chi connectivity index (χ0v) is 18.9. The number of carbonyl (C=O) groups is 1. The van der Waals surface area contributed by atoms with E-state index in [9.17, 15) is 4.79 Å². The fourth-order valence-electron chi connectivity index (χ4n) is 4.93. The molecule has 1 aromatic carbocycles. The smallest absolute Gasteiger partial charge is 0.257 e. The third-order valence-corrected chi connectivity index (χ3v) is 6.78. The van der Waals surface area contributed by atoms with Crippen LogP contribution in [0.15, 0.2) is 42.5 Å². The summed E-state index contributed by atoms with van der Waals surface area (Å²) in [5.41, 5.74) is 3.96. The Labute approximate surface area is 192 Å². The number of hydrogen-bond donors (Lipinski definition) is 0. The first-order chi connectivity index (χ1) is 16.2. The molecule has 1 amide bonds. The summed E-state index contributed by atoms with van der Waals surface area (Å²) in [6.45, 7) is 6.42. The van der Waals surface area contributed by atoms with E-state index in [1.165, 1.54) is 0 Å². The Balaban J connectivity index is 1.54. The lowest BCUT2D eigenvalue weighted by atomic mass is 10.1. The number of pyridine rings is 2. The van der Waals surface area contributed by atoms with E-state index < -0.39 is 0 Å². The van der Waals surface area contributed by atoms with Gasteiger partial charge >= 0.3 is 0 Å². The molecule has 2 aliphatic heterocycles. The van der Waals surface area contributed by atoms with Crippen molar-refractivity contribution in [3.63, 3.8) is 0 Å². The van der Waals surface area contributed by atoms with Gasteiger partial charge in [-0.25, -0.2) is 9.97 Å². The highest BCUT2D eigenvalue weighted by Crippen LogP contribution is 2.28. The molecule has 0 atom stereocenters. The number of ether oxygens (including phenoxy) is 1. The molecule has 2 fully saturated rings. The summed E-state index contributed by atoms with van der Waals surface area (Å²) < 4.78 is 7.51. The first-order valence-corrected chi connectivity index (χ1v) is 11.7. The van der Waals surface area contributed by atoms with Crippen molar-refractivity contribution in [2.24, 2.45) is 0 Å². The predicted molar refractivity (Wildman–Crippen MR) is 129 cm³/mol. The first kappa shape index (κ1) is 20.4. The molecule has 8 heteroatoms. The lowest BCUT2D eigenvalue weighted by molar-refractivity contribution is 0.0304. The number of hydrogen-bond acceptors (Lipinski definition) is 6. The molecule has 0 bridgehead atoms. The normalized spacial score (nSPS) is 18.3. The second kappa shape index (κ2) is 8.28. The molecule has 0 unspecified atom stereocenters. The van der Waals surface area contributed by atoms with Crippen LogP contribution in [0.2, 0.25) is 0 Å². The quantitative estimate of drug-likeness (QED) is 0.474. The molecule has 170 valence electrons. The monoisotopic (exact) mass is 444 g/mol. The molecule has 8 nitrogen and oxygen atoms in total. The van der Waals surface area contributed by atoms with Gasteiger partial charge in [0.25, 0.3) is 5.91 Å². The molecule has 3 aromatic heterocycles. The molecule has 2 aliphatic rings. The van der Waals surface area contributed by atoms with Crippen molar-refractivity contribution in [1.82, 2.24) is 24.2 Å². The van der Waals surface area contributed by atoms with E-state index in [0.717, 1.165) is 60.5 Å². The van der Waals surface area contributed by atoms with Crippen molar-refractivity contribution in [2.75, 3.05) is 64.4 Å². The van der Waals surface area contributed by atoms with Gasteiger partial charge in [-0.1, -0.05) is 12.1 Å². The number of anilines is 1. The van der Waals surface area contributed by atoms with Crippen LogP contribution in [-0.2, 0) is 4.74 Å². The van der Waals surface area contributed by atoms with Gasteiger partial charge in [0.2, 0.25) is 0 Å². The van der Waals surface area contributed by atoms with Gasteiger partial charge in [-0.3, -0.25) is 9.20 Å². The Morgan fingerprint density at radius 2 is 1.76 bits per heavy atom. The molecule has 5 heterocycles. The number of likely N-dealkylation sites (N-methyl/N-ethyl adjacent to an activating group) is 1. The first-order valence-electron chi connectivity index (χ1n) is 11.7. The van der Waals surface area contributed by atoms with Crippen LogP contribution in [0.1, 0.15) is 16.8 Å². The highest BCUT2D eigenvalue weighted by atomic mass is 16.5. The van der Waals surface area contributed by atoms with Gasteiger partial charge in [0.1, 0.15) is 11.5 Å². The average molecular weight is 445 g/mol. The van der Waals surface area contributed by atoms with E-state index in [2.05, 4.69) is 33.4 Å². The maximum absolute atomic E-state index is 13.5. The second-order valence-corrected chi connectivity index (χ2v) is 8.95. The van der Waals surface area contributed by atoms with Crippen LogP contribution >= 0.6 is 0 Å². The number of carbonyl (C=O) groups excluding carboxylic acids is 1. The largest absolute Gasteiger partial charge is 0.378 e. The highest BCUT2D eigenvalue weighted by Gasteiger charge is 2.24. The molecule has 33 heavy (non-hydrogen) atoms. The van der Waals surface area contributed by atoms with E-state index in [1.807, 2.05) is 35.2 Å². The minimum Gasteiger partial charge on any atom is -0.378 e. The van der Waals surface area contributed by atoms with Crippen LogP contribution in [0.25, 0.3) is 27.7 Å². The summed E-state index contributed by atoms with van der Waals surface area (Å²) >= 11 is 0. The van der Waals surface area contributed by atoms with Crippen molar-refractivity contribution in [3.8, 4) is 0 Å². The molecular weight excluding hydrogens is 416 g/mol. The summed E-state index contributed by atoms with van der Waals surface area (Å²) in [6, 6.07) is 14.2. The van der Waals surface area contributed by atoms with Crippen molar-refractivity contribution in [3.05, 3.63) is 48.0 Å². The van der Waals surface area contributed by atoms with E-state index in [4.69, 9.17) is 14.7 Å². The molecule has 2 saturated heterocycles. The summed E-state index contributed by atoms with van der Waals surface area (Å²) in [6.07, 6.45) is 1.12. The van der Waals surface area contributed by atoms with Gasteiger partial charge in [-0.15, -0.1) is 0 Å². The number of fused-ring (bicyclic) bond motifs is 5. The van der Waals surface area contributed by atoms with Crippen molar-refractivity contribution in [1.29, 1.82) is 0 Å². The number of imidazole rings is 1. The Morgan fingerprint density at radius 3 is 2.64 bits per heavy atom. The van der Waals surface area contributed by atoms with Crippen molar-refractivity contribution in [2.45, 2.75) is 6.42 Å². The molecule has 6 rings (SSSR count). The number of nitrogens with zero attached hydrogens (tertiary/aromatic N) is 6. The topological polar surface area (TPSA) is 66.2 Å². The summed E-state index contributed by atoms with van der Waals surface area (Å²) in [4.78, 5) is 30.1. The lowest BCUT2D eigenvalue weighted by Gasteiger charge is -2.27. The third-order valence-electron chi connectivity index (χ3n) is 6.78. The zero-order chi connectivity index (χ0) is 22.4. The Bertz CT molecular complexity index is 1340. The standard InChI is InChI=1S/C25H28N6O2/c1-28-9-4-10-29(12-11-28)22-8-7-18-17-19(25(32)30-13-15-33-16-14-30)24-26-20-5-2-3-6-21(20)31(24)23(18)27-22/h2-3,5-8,17H,4,9-16H2,1H3. The third kappa shape index (κ3) is 3.59. The lowest BCUT2D eigenvalue weighted by Crippen LogP contribution is -2.40. The summed E-state index contributed by atoms with van der Waals surface area (Å²) in [5.74, 6) is 0.976. The number of para-hydroxylation sites is 2. The maximum atomic E-state index is 13.5. The molecule has 0 saturated carbocycles. The summed E-state index contributed by atoms with van der Waals surface area (Å²) in [7, 11) is 2.17. The van der Waals surface area contributed by atoms with Gasteiger partial charge in [0.15, 0.2) is 5.65 Å². The number of amides is 1. The van der Waals surface area contributed by atoms with E-state index in [0.29, 0.717) is 37.5 Å². The van der Waals surface area contributed by atoms with Gasteiger partial charge in [0.05, 0.1) is 29.8 Å². The van der Waals surface area contributed by atoms with Crippen LogP contribution < -0.4 is 4.90 Å². The van der Waals surface area contributed by atoms with Gasteiger partial charge in [0, 0.05) is 38.1 Å². The fraction of sp³-hybridized carbons (Fsp3) is 0.400. The number of benzene rings is 1.